The summed E-state index contributed by atoms with van der Waals surface area (Å²) in [5, 5.41) is 0. The van der Waals surface area contributed by atoms with Crippen LogP contribution in [0, 0.1) is 17.3 Å². The molecule has 2 heterocycles. The molecule has 0 radical (unpaired) electrons. The summed E-state index contributed by atoms with van der Waals surface area (Å²) in [6, 6.07) is 17.7. The normalized spacial score (nSPS) is 25.5. The number of fused-ring (bicyclic) bond motifs is 1. The Hall–Kier alpha value is -4.08. The Labute approximate surface area is 234 Å². The molecule has 40 heavy (non-hydrogen) atoms. The largest absolute Gasteiger partial charge is 0.489 e. The van der Waals surface area contributed by atoms with Gasteiger partial charge in [-0.1, -0.05) is 50.2 Å². The summed E-state index contributed by atoms with van der Waals surface area (Å²) < 4.78 is 11.4. The molecule has 4 N–H and O–H groups in total. The van der Waals surface area contributed by atoms with Gasteiger partial charge >= 0.3 is 5.97 Å². The number of esters is 1. The summed E-state index contributed by atoms with van der Waals surface area (Å²) in [6.07, 6.45) is 6.91. The van der Waals surface area contributed by atoms with E-state index in [-0.39, 0.29) is 23.0 Å². The molecule has 0 spiro atoms. The Bertz CT molecular complexity index is 1400. The topological polar surface area (TPSA) is 129 Å². The van der Waals surface area contributed by atoms with Gasteiger partial charge in [-0.2, -0.15) is 10.8 Å². The van der Waals surface area contributed by atoms with Crippen LogP contribution >= 0.6 is 0 Å². The van der Waals surface area contributed by atoms with Crippen molar-refractivity contribution in [3.05, 3.63) is 89.5 Å². The molecule has 1 fully saturated rings. The first-order valence-electron chi connectivity index (χ1n) is 13.7. The lowest BCUT2D eigenvalue weighted by molar-refractivity contribution is -0.750. The average molecular weight is 543 g/mol. The van der Waals surface area contributed by atoms with Crippen LogP contribution in [0.15, 0.2) is 88.4 Å². The maximum absolute atomic E-state index is 13.0. The molecule has 0 saturated heterocycles. The van der Waals surface area contributed by atoms with Gasteiger partial charge in [-0.15, -0.1) is 4.59 Å². The summed E-state index contributed by atoms with van der Waals surface area (Å²) >= 11 is 0. The lowest BCUT2D eigenvalue weighted by Crippen LogP contribution is -2.53. The van der Waals surface area contributed by atoms with E-state index in [0.717, 1.165) is 22.5 Å². The van der Waals surface area contributed by atoms with Crippen LogP contribution in [0.1, 0.15) is 50.7 Å². The number of ether oxygens (including phenoxy) is 2. The quantitative estimate of drug-likeness (QED) is 0.211. The third-order valence-electron chi connectivity index (χ3n) is 7.80. The number of carbonyl (C=O) groups is 2. The first-order chi connectivity index (χ1) is 19.2. The average Bonchev–Trinajstić information content (AvgIpc) is 3.28. The number of primary amides is 1. The number of nitrogens with zero attached hydrogens (tertiary/aromatic N) is 3. The summed E-state index contributed by atoms with van der Waals surface area (Å²) in [5.41, 5.74) is 7.94. The van der Waals surface area contributed by atoms with Crippen molar-refractivity contribution in [1.82, 2.24) is 0 Å². The van der Waals surface area contributed by atoms with Gasteiger partial charge < -0.3 is 15.2 Å². The molecule has 0 aromatic heterocycles. The number of benzene rings is 2. The number of nitrogens with two attached hydrogens (primary N) is 2. The first kappa shape index (κ1) is 27.5. The van der Waals surface area contributed by atoms with E-state index < -0.39 is 17.3 Å². The van der Waals surface area contributed by atoms with Crippen molar-refractivity contribution in [2.24, 2.45) is 38.8 Å². The lowest BCUT2D eigenvalue weighted by Gasteiger charge is -2.35. The number of amidine groups is 1. The Kier molecular flexibility index (Phi) is 7.69. The standard InChI is InChI=1S/C31H35N5O4/c1-21(2)19-40-30(38)31(29(32)37)13-11-23(12-14-31)27-26-18-34-15-16-36(26,33)28(35-27)24-9-6-10-25(17-24)39-20-22-7-4-3-5-8-22/h3-10,15-18,21,23H,11-14,19-20,33H2,1-2H3,(H-,32,37)/p+1. The lowest BCUT2D eigenvalue weighted by atomic mass is 9.69. The molecule has 2 aliphatic heterocycles. The fourth-order valence-corrected chi connectivity index (χ4v) is 5.49. The van der Waals surface area contributed by atoms with Gasteiger partial charge in [0.05, 0.1) is 24.6 Å². The van der Waals surface area contributed by atoms with E-state index in [1.54, 1.807) is 18.6 Å². The van der Waals surface area contributed by atoms with E-state index in [4.69, 9.17) is 26.0 Å². The van der Waals surface area contributed by atoms with Gasteiger partial charge in [-0.05, 0) is 55.4 Å². The maximum atomic E-state index is 13.0. The third-order valence-corrected chi connectivity index (χ3v) is 7.80. The molecule has 208 valence electrons. The van der Waals surface area contributed by atoms with Crippen molar-refractivity contribution in [2.75, 3.05) is 6.61 Å². The van der Waals surface area contributed by atoms with Gasteiger partial charge in [0, 0.05) is 5.92 Å². The maximum Gasteiger partial charge on any atom is 0.321 e. The van der Waals surface area contributed by atoms with Gasteiger partial charge in [0.1, 0.15) is 29.7 Å². The molecule has 1 aliphatic carbocycles. The molecule has 9 heteroatoms. The van der Waals surface area contributed by atoms with Crippen molar-refractivity contribution < 1.29 is 23.7 Å². The van der Waals surface area contributed by atoms with Crippen LogP contribution in [0.4, 0.5) is 0 Å². The highest BCUT2D eigenvalue weighted by molar-refractivity contribution is 6.02. The van der Waals surface area contributed by atoms with Crippen LogP contribution in [0.3, 0.4) is 0 Å². The SMILES string of the molecule is CC(C)COC(=O)C1(C(N)=O)CCC(C2=C3C=NC=C[N+]3(N)C(c3cccc(OCc4ccccc4)c3)=N2)CC1. The molecule has 1 atom stereocenters. The first-order valence-corrected chi connectivity index (χ1v) is 13.7. The molecular weight excluding hydrogens is 506 g/mol. The van der Waals surface area contributed by atoms with Crippen LogP contribution in [0.2, 0.25) is 0 Å². The number of amides is 1. The minimum absolute atomic E-state index is 0.0191. The van der Waals surface area contributed by atoms with Crippen LogP contribution < -0.4 is 16.3 Å². The number of aliphatic imine (C=N–C) groups is 2. The van der Waals surface area contributed by atoms with Crippen molar-refractivity contribution in [1.29, 1.82) is 0 Å². The van der Waals surface area contributed by atoms with E-state index in [2.05, 4.69) is 4.99 Å². The third kappa shape index (κ3) is 5.22. The summed E-state index contributed by atoms with van der Waals surface area (Å²) in [6.45, 7) is 4.61. The van der Waals surface area contributed by atoms with E-state index in [1.165, 1.54) is 0 Å². The number of carbonyl (C=O) groups excluding carboxylic acids is 2. The Morgan fingerprint density at radius 1 is 1.10 bits per heavy atom. The zero-order valence-electron chi connectivity index (χ0n) is 23.0. The highest BCUT2D eigenvalue weighted by atomic mass is 16.5. The van der Waals surface area contributed by atoms with Gasteiger partial charge in [-0.25, -0.2) is 0 Å². The predicted molar refractivity (Wildman–Crippen MR) is 152 cm³/mol. The Morgan fingerprint density at radius 2 is 1.85 bits per heavy atom. The molecule has 2 aromatic rings. The molecule has 9 nitrogen and oxygen atoms in total. The minimum atomic E-state index is -1.32. The fraction of sp³-hybridized carbons (Fsp3) is 0.355. The van der Waals surface area contributed by atoms with Crippen LogP contribution in [0.25, 0.3) is 0 Å². The minimum Gasteiger partial charge on any atom is -0.489 e. The molecule has 5 rings (SSSR count). The van der Waals surface area contributed by atoms with E-state index in [1.807, 2.05) is 68.4 Å². The molecular formula is C31H36N5O4+. The van der Waals surface area contributed by atoms with Gasteiger partial charge in [0.25, 0.3) is 5.84 Å². The summed E-state index contributed by atoms with van der Waals surface area (Å²) in [5.74, 6) is 7.30. The Morgan fingerprint density at radius 3 is 2.55 bits per heavy atom. The van der Waals surface area contributed by atoms with Crippen molar-refractivity contribution in [2.45, 2.75) is 46.1 Å². The van der Waals surface area contributed by atoms with Gasteiger partial charge in [-0.3, -0.25) is 14.6 Å². The molecule has 1 unspecified atom stereocenters. The molecule has 3 aliphatic rings. The van der Waals surface area contributed by atoms with E-state index in [0.29, 0.717) is 43.9 Å². The van der Waals surface area contributed by atoms with Crippen LogP contribution in [-0.4, -0.2) is 35.1 Å². The number of hydrogen-bond acceptors (Lipinski definition) is 7. The number of hydrogen-bond donors (Lipinski definition) is 2. The molecule has 1 amide bonds. The number of rotatable bonds is 9. The van der Waals surface area contributed by atoms with Crippen molar-refractivity contribution >= 4 is 23.9 Å². The van der Waals surface area contributed by atoms with Crippen molar-refractivity contribution in [3.63, 3.8) is 0 Å². The second-order valence-corrected chi connectivity index (χ2v) is 11.1. The van der Waals surface area contributed by atoms with Gasteiger partial charge in [0.15, 0.2) is 0 Å². The zero-order chi connectivity index (χ0) is 28.3. The predicted octanol–water partition coefficient (Wildman–Crippen LogP) is 4.34. The second kappa shape index (κ2) is 11.2. The van der Waals surface area contributed by atoms with Crippen molar-refractivity contribution in [3.8, 4) is 5.75 Å². The number of quaternary nitrogens is 1. The van der Waals surface area contributed by atoms with Crippen LogP contribution in [-0.2, 0) is 20.9 Å². The summed E-state index contributed by atoms with van der Waals surface area (Å²) in [4.78, 5) is 34.9. The molecule has 0 bridgehead atoms. The second-order valence-electron chi connectivity index (χ2n) is 11.1. The highest BCUT2D eigenvalue weighted by Gasteiger charge is 2.52. The summed E-state index contributed by atoms with van der Waals surface area (Å²) in [7, 11) is 0. The fourth-order valence-electron chi connectivity index (χ4n) is 5.49. The monoisotopic (exact) mass is 542 g/mol. The number of allylic oxidation sites excluding steroid dienone is 2. The molecule has 1 saturated carbocycles. The van der Waals surface area contributed by atoms with E-state index in [9.17, 15) is 9.59 Å². The van der Waals surface area contributed by atoms with Gasteiger partial charge in [0.2, 0.25) is 11.6 Å². The zero-order valence-corrected chi connectivity index (χ0v) is 23.0. The Balaban J connectivity index is 1.38. The highest BCUT2D eigenvalue weighted by Crippen LogP contribution is 2.46. The smallest absolute Gasteiger partial charge is 0.321 e. The molecule has 2 aromatic carbocycles. The van der Waals surface area contributed by atoms with Crippen LogP contribution in [0.5, 0.6) is 5.75 Å². The van der Waals surface area contributed by atoms with E-state index >= 15 is 0 Å².